The van der Waals surface area contributed by atoms with Gasteiger partial charge in [0.05, 0.1) is 11.7 Å². The van der Waals surface area contributed by atoms with Crippen LogP contribution in [0, 0.1) is 11.3 Å². The molecule has 1 aliphatic carbocycles. The minimum atomic E-state index is -0.290. The molecule has 2 aliphatic heterocycles. The molecule has 142 valence electrons. The second kappa shape index (κ2) is 7.41. The van der Waals surface area contributed by atoms with Gasteiger partial charge in [0, 0.05) is 51.5 Å². The first-order chi connectivity index (χ1) is 12.7. The summed E-state index contributed by atoms with van der Waals surface area (Å²) in [5, 5.41) is 0. The summed E-state index contributed by atoms with van der Waals surface area (Å²) in [4.78, 5) is 33.8. The van der Waals surface area contributed by atoms with Crippen molar-refractivity contribution in [3.63, 3.8) is 0 Å². The molecule has 1 aromatic rings. The Morgan fingerprint density at radius 2 is 2.12 bits per heavy atom. The zero-order valence-electron chi connectivity index (χ0n) is 15.6. The Morgan fingerprint density at radius 3 is 2.85 bits per heavy atom. The van der Waals surface area contributed by atoms with Crippen LogP contribution in [-0.2, 0) is 16.1 Å². The number of imidazole rings is 1. The molecule has 1 spiro atoms. The van der Waals surface area contributed by atoms with Crippen molar-refractivity contribution in [2.45, 2.75) is 57.9 Å². The first kappa shape index (κ1) is 17.6. The number of amides is 2. The van der Waals surface area contributed by atoms with Crippen molar-refractivity contribution >= 4 is 11.8 Å². The molecule has 0 radical (unpaired) electrons. The number of carbonyl (C=O) groups is 2. The van der Waals surface area contributed by atoms with E-state index in [2.05, 4.69) is 9.88 Å². The molecule has 2 saturated heterocycles. The van der Waals surface area contributed by atoms with Gasteiger partial charge in [0.25, 0.3) is 0 Å². The molecule has 26 heavy (non-hydrogen) atoms. The van der Waals surface area contributed by atoms with Crippen molar-refractivity contribution in [3.05, 3.63) is 18.7 Å². The molecule has 3 aliphatic rings. The third kappa shape index (κ3) is 3.51. The van der Waals surface area contributed by atoms with Gasteiger partial charge in [-0.1, -0.05) is 6.42 Å². The lowest BCUT2D eigenvalue weighted by molar-refractivity contribution is -0.147. The monoisotopic (exact) mass is 358 g/mol. The van der Waals surface area contributed by atoms with E-state index in [0.29, 0.717) is 18.9 Å². The molecule has 6 nitrogen and oxygen atoms in total. The predicted molar refractivity (Wildman–Crippen MR) is 98.2 cm³/mol. The zero-order valence-corrected chi connectivity index (χ0v) is 15.6. The Kier molecular flexibility index (Phi) is 5.00. The Morgan fingerprint density at radius 1 is 1.23 bits per heavy atom. The second-order valence-electron chi connectivity index (χ2n) is 8.40. The van der Waals surface area contributed by atoms with Crippen LogP contribution in [0.3, 0.4) is 0 Å². The number of likely N-dealkylation sites (tertiary alicyclic amines) is 2. The minimum absolute atomic E-state index is 0.200. The van der Waals surface area contributed by atoms with Crippen LogP contribution in [0.1, 0.15) is 51.4 Å². The average Bonchev–Trinajstić information content (AvgIpc) is 3.25. The maximum atomic E-state index is 13.1. The van der Waals surface area contributed by atoms with Gasteiger partial charge in [-0.05, 0) is 44.4 Å². The maximum absolute atomic E-state index is 13.1. The van der Waals surface area contributed by atoms with Crippen molar-refractivity contribution in [3.8, 4) is 0 Å². The van der Waals surface area contributed by atoms with Crippen LogP contribution in [0.15, 0.2) is 18.7 Å². The normalized spacial score (nSPS) is 26.5. The van der Waals surface area contributed by atoms with E-state index in [1.165, 1.54) is 19.3 Å². The zero-order chi connectivity index (χ0) is 18.0. The lowest BCUT2D eigenvalue weighted by Crippen LogP contribution is -2.52. The van der Waals surface area contributed by atoms with E-state index < -0.39 is 0 Å². The van der Waals surface area contributed by atoms with Gasteiger partial charge in [-0.2, -0.15) is 0 Å². The minimum Gasteiger partial charge on any atom is -0.342 e. The SMILES string of the molecule is O=C(CCCn1ccnc1)N1CC[C@]2(CCCN(CC3CCC3)C2=O)C1. The Balaban J connectivity index is 1.29. The van der Waals surface area contributed by atoms with Crippen molar-refractivity contribution < 1.29 is 9.59 Å². The van der Waals surface area contributed by atoms with Gasteiger partial charge in [0.15, 0.2) is 0 Å². The van der Waals surface area contributed by atoms with Crippen LogP contribution in [0.5, 0.6) is 0 Å². The van der Waals surface area contributed by atoms with Gasteiger partial charge in [-0.3, -0.25) is 9.59 Å². The number of nitrogens with zero attached hydrogens (tertiary/aromatic N) is 4. The van der Waals surface area contributed by atoms with E-state index in [1.54, 1.807) is 12.5 Å². The summed E-state index contributed by atoms with van der Waals surface area (Å²) in [6, 6.07) is 0. The largest absolute Gasteiger partial charge is 0.342 e. The fraction of sp³-hybridized carbons (Fsp3) is 0.750. The van der Waals surface area contributed by atoms with Crippen LogP contribution >= 0.6 is 0 Å². The number of rotatable bonds is 6. The Bertz CT molecular complexity index is 640. The molecule has 2 amide bonds. The van der Waals surface area contributed by atoms with E-state index in [9.17, 15) is 9.59 Å². The summed E-state index contributed by atoms with van der Waals surface area (Å²) in [7, 11) is 0. The van der Waals surface area contributed by atoms with Crippen LogP contribution < -0.4 is 0 Å². The summed E-state index contributed by atoms with van der Waals surface area (Å²) < 4.78 is 2.00. The molecule has 0 bridgehead atoms. The average molecular weight is 358 g/mol. The van der Waals surface area contributed by atoms with Gasteiger partial charge >= 0.3 is 0 Å². The molecule has 4 rings (SSSR count). The molecule has 1 saturated carbocycles. The molecule has 6 heteroatoms. The van der Waals surface area contributed by atoms with Crippen molar-refractivity contribution in [2.75, 3.05) is 26.2 Å². The number of hydrogen-bond acceptors (Lipinski definition) is 3. The number of piperidine rings is 1. The van der Waals surface area contributed by atoms with Crippen LogP contribution in [0.25, 0.3) is 0 Å². The maximum Gasteiger partial charge on any atom is 0.230 e. The van der Waals surface area contributed by atoms with Gasteiger partial charge in [0.1, 0.15) is 0 Å². The van der Waals surface area contributed by atoms with E-state index in [4.69, 9.17) is 0 Å². The van der Waals surface area contributed by atoms with E-state index in [1.807, 2.05) is 15.7 Å². The molecule has 3 heterocycles. The third-order valence-electron chi connectivity index (χ3n) is 6.60. The highest BCUT2D eigenvalue weighted by Crippen LogP contribution is 2.41. The number of carbonyl (C=O) groups excluding carboxylic acids is 2. The van der Waals surface area contributed by atoms with Gasteiger partial charge in [-0.15, -0.1) is 0 Å². The summed E-state index contributed by atoms with van der Waals surface area (Å²) >= 11 is 0. The van der Waals surface area contributed by atoms with Crippen molar-refractivity contribution in [1.29, 1.82) is 0 Å². The van der Waals surface area contributed by atoms with Crippen molar-refractivity contribution in [2.24, 2.45) is 11.3 Å². The second-order valence-corrected chi connectivity index (χ2v) is 8.40. The molecule has 3 fully saturated rings. The number of hydrogen-bond donors (Lipinski definition) is 0. The predicted octanol–water partition coefficient (Wildman–Crippen LogP) is 2.30. The lowest BCUT2D eigenvalue weighted by Gasteiger charge is -2.42. The molecule has 1 atom stereocenters. The van der Waals surface area contributed by atoms with Gasteiger partial charge in [0.2, 0.25) is 11.8 Å². The first-order valence-corrected chi connectivity index (χ1v) is 10.2. The standard InChI is InChI=1S/C20H30N4O2/c25-18(6-2-10-22-13-9-21-16-22)24-12-8-20(15-24)7-3-11-23(19(20)26)14-17-4-1-5-17/h9,13,16-17H,1-8,10-12,14-15H2/t20-/m1/s1. The van der Waals surface area contributed by atoms with Crippen molar-refractivity contribution in [1.82, 2.24) is 19.4 Å². The highest BCUT2D eigenvalue weighted by Gasteiger charge is 2.49. The van der Waals surface area contributed by atoms with E-state index in [-0.39, 0.29) is 11.3 Å². The number of aryl methyl sites for hydroxylation is 1. The third-order valence-corrected chi connectivity index (χ3v) is 6.60. The van der Waals surface area contributed by atoms with Gasteiger partial charge < -0.3 is 14.4 Å². The summed E-state index contributed by atoms with van der Waals surface area (Å²) in [6.45, 7) is 4.05. The lowest BCUT2D eigenvalue weighted by atomic mass is 9.77. The summed E-state index contributed by atoms with van der Waals surface area (Å²) in [5.74, 6) is 1.24. The molecule has 0 N–H and O–H groups in total. The van der Waals surface area contributed by atoms with Crippen LogP contribution in [-0.4, -0.2) is 57.3 Å². The fourth-order valence-corrected chi connectivity index (χ4v) is 4.77. The van der Waals surface area contributed by atoms with Gasteiger partial charge in [-0.25, -0.2) is 4.98 Å². The van der Waals surface area contributed by atoms with E-state index >= 15 is 0 Å². The number of aromatic nitrogens is 2. The molecular formula is C20H30N4O2. The van der Waals surface area contributed by atoms with Crippen LogP contribution in [0.4, 0.5) is 0 Å². The highest BCUT2D eigenvalue weighted by molar-refractivity contribution is 5.86. The fourth-order valence-electron chi connectivity index (χ4n) is 4.77. The smallest absolute Gasteiger partial charge is 0.230 e. The Hall–Kier alpha value is -1.85. The van der Waals surface area contributed by atoms with Crippen LogP contribution in [0.2, 0.25) is 0 Å². The quantitative estimate of drug-likeness (QED) is 0.784. The van der Waals surface area contributed by atoms with E-state index in [0.717, 1.165) is 57.8 Å². The molecule has 1 aromatic heterocycles. The molecule has 0 unspecified atom stereocenters. The first-order valence-electron chi connectivity index (χ1n) is 10.2. The highest BCUT2D eigenvalue weighted by atomic mass is 16.2. The summed E-state index contributed by atoms with van der Waals surface area (Å²) in [5.41, 5.74) is -0.290. The topological polar surface area (TPSA) is 58.4 Å². The molecule has 0 aromatic carbocycles. The molecular weight excluding hydrogens is 328 g/mol. The Labute approximate surface area is 155 Å². The summed E-state index contributed by atoms with van der Waals surface area (Å²) in [6.07, 6.45) is 13.6.